The van der Waals surface area contributed by atoms with Crippen molar-refractivity contribution < 1.29 is 13.2 Å². The van der Waals surface area contributed by atoms with Crippen LogP contribution in [0.25, 0.3) is 0 Å². The first-order valence-corrected chi connectivity index (χ1v) is 8.61. The van der Waals surface area contributed by atoms with Gasteiger partial charge in [0.05, 0.1) is 11.7 Å². The molecular weight excluding hydrogens is 306 g/mol. The molecule has 2 rings (SSSR count). The molecule has 1 fully saturated rings. The van der Waals surface area contributed by atoms with E-state index in [1.54, 1.807) is 17.9 Å². The van der Waals surface area contributed by atoms with Gasteiger partial charge in [0, 0.05) is 31.9 Å². The first-order chi connectivity index (χ1) is 10.1. The minimum Gasteiger partial charge on any atom is -0.353 e. The molecule has 9 heteroatoms. The van der Waals surface area contributed by atoms with Gasteiger partial charge >= 0.3 is 0 Å². The summed E-state index contributed by atoms with van der Waals surface area (Å²) in [5.74, 6) is -0.283. The van der Waals surface area contributed by atoms with Crippen LogP contribution in [-0.4, -0.2) is 47.5 Å². The van der Waals surface area contributed by atoms with Gasteiger partial charge in [-0.15, -0.1) is 0 Å². The summed E-state index contributed by atoms with van der Waals surface area (Å²) in [7, 11) is -0.514. The van der Waals surface area contributed by atoms with Crippen molar-refractivity contribution in [3.05, 3.63) is 17.5 Å². The maximum Gasteiger partial charge on any atom is 0.280 e. The number of carbonyl (C=O) groups is 1. The van der Waals surface area contributed by atoms with E-state index in [1.165, 1.54) is 7.05 Å². The van der Waals surface area contributed by atoms with Crippen LogP contribution >= 0.6 is 0 Å². The average molecular weight is 329 g/mol. The number of hydrogen-bond acceptors (Lipinski definition) is 4. The van der Waals surface area contributed by atoms with Gasteiger partial charge in [0.15, 0.2) is 0 Å². The van der Waals surface area contributed by atoms with Crippen LogP contribution in [0.15, 0.2) is 6.20 Å². The third kappa shape index (κ3) is 3.31. The molecule has 0 radical (unpaired) electrons. The molecule has 1 aromatic heterocycles. The quantitative estimate of drug-likeness (QED) is 0.805. The lowest BCUT2D eigenvalue weighted by Crippen LogP contribution is -2.57. The highest BCUT2D eigenvalue weighted by molar-refractivity contribution is 7.87. The summed E-state index contributed by atoms with van der Waals surface area (Å²) in [4.78, 5) is 12.3. The maximum absolute atomic E-state index is 12.3. The third-order valence-electron chi connectivity index (χ3n) is 3.73. The average Bonchev–Trinajstić information content (AvgIpc) is 2.70. The Balaban J connectivity index is 2.32. The third-order valence-corrected chi connectivity index (χ3v) is 5.32. The molecule has 2 N–H and O–H groups in total. The molecule has 1 aliphatic heterocycles. The van der Waals surface area contributed by atoms with Crippen molar-refractivity contribution in [2.24, 2.45) is 7.05 Å². The second-order valence-corrected chi connectivity index (χ2v) is 7.71. The summed E-state index contributed by atoms with van der Waals surface area (Å²) in [5, 5.41) is 7.02. The van der Waals surface area contributed by atoms with E-state index in [0.717, 1.165) is 15.6 Å². The SMILES string of the molecule is Cc1nn(C)cc1[C@@H]1C[C@@H](C(=O)NC(C)C)N(C)S(=O)(=O)N1. The summed E-state index contributed by atoms with van der Waals surface area (Å²) in [6.07, 6.45) is 2.14. The van der Waals surface area contributed by atoms with Crippen molar-refractivity contribution in [1.29, 1.82) is 0 Å². The topological polar surface area (TPSA) is 96.3 Å². The number of hydrogen-bond donors (Lipinski definition) is 2. The second kappa shape index (κ2) is 5.98. The van der Waals surface area contributed by atoms with E-state index in [-0.39, 0.29) is 11.9 Å². The fourth-order valence-electron chi connectivity index (χ4n) is 2.65. The number of rotatable bonds is 3. The highest BCUT2D eigenvalue weighted by Crippen LogP contribution is 2.29. The lowest BCUT2D eigenvalue weighted by atomic mass is 10.00. The van der Waals surface area contributed by atoms with Gasteiger partial charge in [0.1, 0.15) is 6.04 Å². The van der Waals surface area contributed by atoms with Crippen LogP contribution in [0.3, 0.4) is 0 Å². The van der Waals surface area contributed by atoms with Gasteiger partial charge in [-0.05, 0) is 27.2 Å². The zero-order valence-corrected chi connectivity index (χ0v) is 14.3. The Kier molecular flexibility index (Phi) is 4.59. The molecule has 0 aromatic carbocycles. The lowest BCUT2D eigenvalue weighted by molar-refractivity contribution is -0.125. The van der Waals surface area contributed by atoms with Crippen molar-refractivity contribution in [3.8, 4) is 0 Å². The Hall–Kier alpha value is -1.45. The summed E-state index contributed by atoms with van der Waals surface area (Å²) in [5.41, 5.74) is 1.55. The Bertz CT molecular complexity index is 667. The Morgan fingerprint density at radius 2 is 2.09 bits per heavy atom. The molecule has 0 bridgehead atoms. The predicted molar refractivity (Wildman–Crippen MR) is 82.2 cm³/mol. The predicted octanol–water partition coefficient (Wildman–Crippen LogP) is -0.167. The largest absolute Gasteiger partial charge is 0.353 e. The number of amides is 1. The number of nitrogens with zero attached hydrogens (tertiary/aromatic N) is 3. The van der Waals surface area contributed by atoms with Gasteiger partial charge in [0.25, 0.3) is 10.2 Å². The van der Waals surface area contributed by atoms with E-state index in [2.05, 4.69) is 15.1 Å². The van der Waals surface area contributed by atoms with Gasteiger partial charge in [-0.2, -0.15) is 22.5 Å². The fraction of sp³-hybridized carbons (Fsp3) is 0.692. The van der Waals surface area contributed by atoms with Crippen molar-refractivity contribution in [2.75, 3.05) is 7.05 Å². The van der Waals surface area contributed by atoms with Gasteiger partial charge in [-0.3, -0.25) is 9.48 Å². The van der Waals surface area contributed by atoms with Crippen LogP contribution in [0.5, 0.6) is 0 Å². The van der Waals surface area contributed by atoms with Crippen molar-refractivity contribution in [1.82, 2.24) is 24.1 Å². The molecule has 2 heterocycles. The van der Waals surface area contributed by atoms with Gasteiger partial charge in [-0.1, -0.05) is 0 Å². The van der Waals surface area contributed by atoms with Crippen molar-refractivity contribution in [3.63, 3.8) is 0 Å². The fourth-order valence-corrected chi connectivity index (χ4v) is 3.92. The van der Waals surface area contributed by atoms with Gasteiger partial charge < -0.3 is 5.32 Å². The van der Waals surface area contributed by atoms with Crippen LogP contribution in [0.4, 0.5) is 0 Å². The molecule has 1 aromatic rings. The minimum atomic E-state index is -3.71. The molecule has 2 atom stereocenters. The Morgan fingerprint density at radius 1 is 1.45 bits per heavy atom. The lowest BCUT2D eigenvalue weighted by Gasteiger charge is -2.36. The van der Waals surface area contributed by atoms with Crippen LogP contribution in [0, 0.1) is 6.92 Å². The Morgan fingerprint density at radius 3 is 2.59 bits per heavy atom. The Labute approximate surface area is 131 Å². The number of nitrogens with one attached hydrogen (secondary N) is 2. The molecule has 1 saturated heterocycles. The molecule has 1 amide bonds. The number of aromatic nitrogens is 2. The highest BCUT2D eigenvalue weighted by Gasteiger charge is 2.41. The molecule has 0 spiro atoms. The van der Waals surface area contributed by atoms with Crippen LogP contribution in [-0.2, 0) is 22.1 Å². The van der Waals surface area contributed by atoms with E-state index < -0.39 is 22.3 Å². The summed E-state index contributed by atoms with van der Waals surface area (Å²) >= 11 is 0. The molecule has 22 heavy (non-hydrogen) atoms. The molecule has 0 unspecified atom stereocenters. The number of aryl methyl sites for hydroxylation is 2. The van der Waals surface area contributed by atoms with E-state index in [0.29, 0.717) is 6.42 Å². The van der Waals surface area contributed by atoms with E-state index >= 15 is 0 Å². The zero-order chi connectivity index (χ0) is 16.7. The van der Waals surface area contributed by atoms with Crippen LogP contribution in [0.1, 0.15) is 37.6 Å². The van der Waals surface area contributed by atoms with Crippen LogP contribution < -0.4 is 10.0 Å². The molecule has 0 saturated carbocycles. The van der Waals surface area contributed by atoms with Crippen molar-refractivity contribution in [2.45, 2.75) is 45.3 Å². The first-order valence-electron chi connectivity index (χ1n) is 7.17. The zero-order valence-electron chi connectivity index (χ0n) is 13.5. The summed E-state index contributed by atoms with van der Waals surface area (Å²) in [6.45, 7) is 5.51. The van der Waals surface area contributed by atoms with E-state index in [1.807, 2.05) is 20.8 Å². The van der Waals surface area contributed by atoms with Gasteiger partial charge in [-0.25, -0.2) is 0 Å². The molecule has 8 nitrogen and oxygen atoms in total. The van der Waals surface area contributed by atoms with Crippen molar-refractivity contribution >= 4 is 16.1 Å². The van der Waals surface area contributed by atoms with E-state index in [4.69, 9.17) is 0 Å². The molecule has 1 aliphatic rings. The van der Waals surface area contributed by atoms with Crippen LogP contribution in [0.2, 0.25) is 0 Å². The standard InChI is InChI=1S/C13H23N5O3S/c1-8(2)14-13(19)12-6-11(16-22(20,21)18(12)5)10-7-17(4)15-9(10)3/h7-8,11-12,16H,6H2,1-5H3,(H,14,19)/t11-,12-/m0/s1. The normalized spacial score (nSPS) is 25.4. The maximum atomic E-state index is 12.3. The first kappa shape index (κ1) is 16.9. The smallest absolute Gasteiger partial charge is 0.280 e. The van der Waals surface area contributed by atoms with Gasteiger partial charge in [0.2, 0.25) is 5.91 Å². The summed E-state index contributed by atoms with van der Waals surface area (Å²) in [6, 6.07) is -1.24. The number of likely N-dealkylation sites (N-methyl/N-ethyl adjacent to an activating group) is 1. The summed E-state index contributed by atoms with van der Waals surface area (Å²) < 4.78 is 29.9. The molecular formula is C13H23N5O3S. The monoisotopic (exact) mass is 329 g/mol. The van der Waals surface area contributed by atoms with E-state index in [9.17, 15) is 13.2 Å². The molecule has 124 valence electrons. The number of carbonyl (C=O) groups excluding carboxylic acids is 1. The second-order valence-electron chi connectivity index (χ2n) is 5.95. The molecule has 0 aliphatic carbocycles. The highest BCUT2D eigenvalue weighted by atomic mass is 32.2. The minimum absolute atomic E-state index is 0.0444.